The summed E-state index contributed by atoms with van der Waals surface area (Å²) in [5, 5.41) is 0. The van der Waals surface area contributed by atoms with Crippen LogP contribution in [0.5, 0.6) is 0 Å². The largest absolute Gasteiger partial charge is 0.469 e. The van der Waals surface area contributed by atoms with E-state index in [1.165, 1.54) is 45.6 Å². The zero-order chi connectivity index (χ0) is 13.1. The molecule has 2 aliphatic rings. The Kier molecular flexibility index (Phi) is 4.66. The van der Waals surface area contributed by atoms with Gasteiger partial charge in [-0.15, -0.1) is 0 Å². The lowest BCUT2D eigenvalue weighted by Gasteiger charge is -2.47. The molecule has 0 bridgehead atoms. The maximum absolute atomic E-state index is 11.7. The van der Waals surface area contributed by atoms with Crippen LogP contribution < -0.4 is 0 Å². The van der Waals surface area contributed by atoms with Crippen LogP contribution in [0.25, 0.3) is 0 Å². The molecule has 4 atom stereocenters. The fourth-order valence-corrected chi connectivity index (χ4v) is 3.84. The fraction of sp³-hybridized carbons (Fsp3) is 0.933. The van der Waals surface area contributed by atoms with Crippen LogP contribution in [0.1, 0.15) is 52.4 Å². The third-order valence-electron chi connectivity index (χ3n) is 5.11. The Bertz CT molecular complexity index is 290. The summed E-state index contributed by atoms with van der Waals surface area (Å²) in [5.41, 5.74) is 0. The quantitative estimate of drug-likeness (QED) is 0.724. The van der Waals surface area contributed by atoms with Crippen molar-refractivity contribution in [3.8, 4) is 0 Å². The maximum Gasteiger partial charge on any atom is 0.309 e. The highest BCUT2D eigenvalue weighted by atomic mass is 16.5. The van der Waals surface area contributed by atoms with E-state index in [4.69, 9.17) is 4.74 Å². The topological polar surface area (TPSA) is 29.5 Å². The Labute approximate surface area is 111 Å². The molecule has 0 aromatic carbocycles. The summed E-state index contributed by atoms with van der Waals surface area (Å²) in [4.78, 5) is 14.3. The molecule has 1 saturated heterocycles. The molecule has 0 aromatic rings. The molecule has 0 spiro atoms. The summed E-state index contributed by atoms with van der Waals surface area (Å²) in [6.07, 6.45) is 8.15. The standard InChI is InChI=1S/C15H27NO2/c1-11(15(17)18-3)12(2)16-10-6-8-13-7-4-5-9-14(13)16/h11-14H,4-10H2,1-3H3. The van der Waals surface area contributed by atoms with Gasteiger partial charge in [0.15, 0.2) is 0 Å². The van der Waals surface area contributed by atoms with Crippen molar-refractivity contribution in [2.75, 3.05) is 13.7 Å². The van der Waals surface area contributed by atoms with Crippen LogP contribution >= 0.6 is 0 Å². The normalized spacial score (nSPS) is 32.4. The highest BCUT2D eigenvalue weighted by molar-refractivity contribution is 5.72. The van der Waals surface area contributed by atoms with Crippen molar-refractivity contribution in [3.63, 3.8) is 0 Å². The van der Waals surface area contributed by atoms with Crippen molar-refractivity contribution >= 4 is 5.97 Å². The van der Waals surface area contributed by atoms with Crippen molar-refractivity contribution in [2.45, 2.75) is 64.5 Å². The number of likely N-dealkylation sites (tertiary alicyclic amines) is 1. The first-order valence-electron chi connectivity index (χ1n) is 7.48. The highest BCUT2D eigenvalue weighted by Crippen LogP contribution is 2.37. The zero-order valence-electron chi connectivity index (χ0n) is 12.0. The number of nitrogens with zero attached hydrogens (tertiary/aromatic N) is 1. The van der Waals surface area contributed by atoms with Gasteiger partial charge in [0.25, 0.3) is 0 Å². The van der Waals surface area contributed by atoms with Crippen LogP contribution in [0.2, 0.25) is 0 Å². The van der Waals surface area contributed by atoms with E-state index in [1.807, 2.05) is 6.92 Å². The molecule has 1 heterocycles. The number of fused-ring (bicyclic) bond motifs is 1. The molecule has 1 aliphatic heterocycles. The molecular weight excluding hydrogens is 226 g/mol. The Hall–Kier alpha value is -0.570. The summed E-state index contributed by atoms with van der Waals surface area (Å²) in [6, 6.07) is 1.03. The van der Waals surface area contributed by atoms with Crippen LogP contribution in [-0.2, 0) is 9.53 Å². The Morgan fingerprint density at radius 3 is 2.56 bits per heavy atom. The second kappa shape index (κ2) is 6.05. The van der Waals surface area contributed by atoms with Gasteiger partial charge >= 0.3 is 5.97 Å². The predicted octanol–water partition coefficient (Wildman–Crippen LogP) is 2.84. The third-order valence-corrected chi connectivity index (χ3v) is 5.11. The number of ether oxygens (including phenoxy) is 1. The summed E-state index contributed by atoms with van der Waals surface area (Å²) >= 11 is 0. The number of hydrogen-bond donors (Lipinski definition) is 0. The number of rotatable bonds is 3. The maximum atomic E-state index is 11.7. The van der Waals surface area contributed by atoms with Crippen molar-refractivity contribution in [1.29, 1.82) is 0 Å². The van der Waals surface area contributed by atoms with E-state index in [2.05, 4.69) is 11.8 Å². The van der Waals surface area contributed by atoms with E-state index in [1.54, 1.807) is 0 Å². The SMILES string of the molecule is COC(=O)C(C)C(C)N1CCCC2CCCCC21. The molecule has 0 aromatic heterocycles. The molecule has 18 heavy (non-hydrogen) atoms. The molecule has 2 rings (SSSR count). The Morgan fingerprint density at radius 1 is 1.17 bits per heavy atom. The Morgan fingerprint density at radius 2 is 1.83 bits per heavy atom. The molecule has 104 valence electrons. The Balaban J connectivity index is 2.03. The lowest BCUT2D eigenvalue weighted by atomic mass is 9.77. The van der Waals surface area contributed by atoms with Gasteiger partial charge in [0.1, 0.15) is 0 Å². The highest BCUT2D eigenvalue weighted by Gasteiger charge is 2.38. The van der Waals surface area contributed by atoms with Gasteiger partial charge in [-0.05, 0) is 45.1 Å². The molecule has 2 fully saturated rings. The van der Waals surface area contributed by atoms with E-state index >= 15 is 0 Å². The van der Waals surface area contributed by atoms with Gasteiger partial charge < -0.3 is 4.74 Å². The van der Waals surface area contributed by atoms with Crippen LogP contribution in [-0.4, -0.2) is 36.6 Å². The first-order valence-corrected chi connectivity index (χ1v) is 7.48. The van der Waals surface area contributed by atoms with Crippen LogP contribution in [0, 0.1) is 11.8 Å². The molecule has 3 heteroatoms. The van der Waals surface area contributed by atoms with E-state index in [0.29, 0.717) is 6.04 Å². The number of methoxy groups -OCH3 is 1. The van der Waals surface area contributed by atoms with E-state index in [-0.39, 0.29) is 11.9 Å². The van der Waals surface area contributed by atoms with E-state index < -0.39 is 0 Å². The second-order valence-electron chi connectivity index (χ2n) is 6.04. The zero-order valence-corrected chi connectivity index (χ0v) is 12.0. The lowest BCUT2D eigenvalue weighted by molar-refractivity contribution is -0.148. The van der Waals surface area contributed by atoms with Gasteiger partial charge in [-0.3, -0.25) is 9.69 Å². The average molecular weight is 253 g/mol. The lowest BCUT2D eigenvalue weighted by Crippen LogP contribution is -2.53. The van der Waals surface area contributed by atoms with Gasteiger partial charge in [-0.25, -0.2) is 0 Å². The van der Waals surface area contributed by atoms with Crippen molar-refractivity contribution < 1.29 is 9.53 Å². The van der Waals surface area contributed by atoms with Gasteiger partial charge in [0, 0.05) is 12.1 Å². The molecule has 1 saturated carbocycles. The molecule has 4 unspecified atom stereocenters. The first kappa shape index (κ1) is 13.9. The van der Waals surface area contributed by atoms with Crippen molar-refractivity contribution in [3.05, 3.63) is 0 Å². The smallest absolute Gasteiger partial charge is 0.309 e. The number of carbonyl (C=O) groups excluding carboxylic acids is 1. The summed E-state index contributed by atoms with van der Waals surface area (Å²) in [5.74, 6) is 0.788. The minimum atomic E-state index is -0.0690. The number of carbonyl (C=O) groups is 1. The minimum absolute atomic E-state index is 0.0179. The fourth-order valence-electron chi connectivity index (χ4n) is 3.84. The minimum Gasteiger partial charge on any atom is -0.469 e. The van der Waals surface area contributed by atoms with Crippen LogP contribution in [0.4, 0.5) is 0 Å². The van der Waals surface area contributed by atoms with E-state index in [9.17, 15) is 4.79 Å². The van der Waals surface area contributed by atoms with E-state index in [0.717, 1.165) is 18.5 Å². The molecule has 0 amide bonds. The summed E-state index contributed by atoms with van der Waals surface area (Å²) in [7, 11) is 1.49. The summed E-state index contributed by atoms with van der Waals surface area (Å²) in [6.45, 7) is 5.35. The van der Waals surface area contributed by atoms with Crippen LogP contribution in [0.15, 0.2) is 0 Å². The van der Waals surface area contributed by atoms with Gasteiger partial charge in [-0.2, -0.15) is 0 Å². The monoisotopic (exact) mass is 253 g/mol. The second-order valence-corrected chi connectivity index (χ2v) is 6.04. The van der Waals surface area contributed by atoms with Crippen molar-refractivity contribution in [2.24, 2.45) is 11.8 Å². The molecule has 0 N–H and O–H groups in total. The van der Waals surface area contributed by atoms with Gasteiger partial charge in [0.2, 0.25) is 0 Å². The predicted molar refractivity (Wildman–Crippen MR) is 72.3 cm³/mol. The third kappa shape index (κ3) is 2.71. The number of piperidine rings is 1. The first-order chi connectivity index (χ1) is 8.65. The van der Waals surface area contributed by atoms with Crippen molar-refractivity contribution in [1.82, 2.24) is 4.90 Å². The number of esters is 1. The summed E-state index contributed by atoms with van der Waals surface area (Å²) < 4.78 is 4.89. The van der Waals surface area contributed by atoms with Gasteiger partial charge in [-0.1, -0.05) is 19.8 Å². The molecule has 3 nitrogen and oxygen atoms in total. The number of hydrogen-bond acceptors (Lipinski definition) is 3. The van der Waals surface area contributed by atoms with Gasteiger partial charge in [0.05, 0.1) is 13.0 Å². The molecule has 1 aliphatic carbocycles. The van der Waals surface area contributed by atoms with Crippen LogP contribution in [0.3, 0.4) is 0 Å². The molecule has 0 radical (unpaired) electrons. The molecular formula is C15H27NO2. The average Bonchev–Trinajstić information content (AvgIpc) is 2.44.